The summed E-state index contributed by atoms with van der Waals surface area (Å²) in [5.41, 5.74) is 7.45. The van der Waals surface area contributed by atoms with E-state index in [2.05, 4.69) is 53.4 Å². The van der Waals surface area contributed by atoms with E-state index >= 15 is 0 Å². The van der Waals surface area contributed by atoms with Crippen LogP contribution in [0.2, 0.25) is 0 Å². The fourth-order valence-corrected chi connectivity index (χ4v) is 3.15. The zero-order chi connectivity index (χ0) is 13.7. The third-order valence-corrected chi connectivity index (χ3v) is 4.15. The molecular formula is C15H21N3S. The number of nitrogens with zero attached hydrogens (tertiary/aromatic N) is 2. The van der Waals surface area contributed by atoms with Crippen LogP contribution >= 0.6 is 11.3 Å². The van der Waals surface area contributed by atoms with Crippen molar-refractivity contribution in [2.24, 2.45) is 5.73 Å². The number of nitrogens with two attached hydrogens (primary N) is 1. The van der Waals surface area contributed by atoms with Gasteiger partial charge in [0.1, 0.15) is 0 Å². The first-order chi connectivity index (χ1) is 9.22. The van der Waals surface area contributed by atoms with Crippen LogP contribution in [0.3, 0.4) is 0 Å². The minimum absolute atomic E-state index is 0.0855. The summed E-state index contributed by atoms with van der Waals surface area (Å²) in [6, 6.07) is 8.72. The predicted octanol–water partition coefficient (Wildman–Crippen LogP) is 3.05. The minimum Gasteiger partial charge on any atom is -0.326 e. The Morgan fingerprint density at radius 1 is 1.32 bits per heavy atom. The molecule has 2 aromatic rings. The van der Waals surface area contributed by atoms with Crippen molar-refractivity contribution in [1.29, 1.82) is 0 Å². The Hall–Kier alpha value is -1.23. The van der Waals surface area contributed by atoms with Crippen molar-refractivity contribution in [3.05, 3.63) is 52.5 Å². The van der Waals surface area contributed by atoms with Gasteiger partial charge in [-0.2, -0.15) is 0 Å². The Labute approximate surface area is 119 Å². The van der Waals surface area contributed by atoms with E-state index in [-0.39, 0.29) is 12.1 Å². The van der Waals surface area contributed by atoms with Gasteiger partial charge in [-0.25, -0.2) is 0 Å². The van der Waals surface area contributed by atoms with E-state index in [1.807, 2.05) is 12.4 Å². The highest BCUT2D eigenvalue weighted by molar-refractivity contribution is 7.09. The van der Waals surface area contributed by atoms with Crippen molar-refractivity contribution >= 4 is 11.3 Å². The third-order valence-electron chi connectivity index (χ3n) is 3.28. The molecule has 0 saturated heterocycles. The molecule has 0 aliphatic heterocycles. The monoisotopic (exact) mass is 275 g/mol. The summed E-state index contributed by atoms with van der Waals surface area (Å²) in [5, 5.41) is 2.12. The first kappa shape index (κ1) is 14.2. The van der Waals surface area contributed by atoms with Crippen LogP contribution in [0.4, 0.5) is 0 Å². The number of hydrogen-bond acceptors (Lipinski definition) is 4. The summed E-state index contributed by atoms with van der Waals surface area (Å²) < 4.78 is 0. The second kappa shape index (κ2) is 6.80. The Morgan fingerprint density at radius 2 is 2.05 bits per heavy atom. The van der Waals surface area contributed by atoms with Gasteiger partial charge in [0.25, 0.3) is 0 Å². The molecule has 0 bridgehead atoms. The maximum Gasteiger partial charge on any atom is 0.0501 e. The summed E-state index contributed by atoms with van der Waals surface area (Å²) in [4.78, 5) is 7.89. The molecule has 0 aromatic carbocycles. The topological polar surface area (TPSA) is 42.2 Å². The van der Waals surface area contributed by atoms with Gasteiger partial charge in [-0.1, -0.05) is 13.0 Å². The van der Waals surface area contributed by atoms with Crippen LogP contribution in [-0.2, 0) is 6.54 Å². The molecule has 2 atom stereocenters. The molecule has 2 N–H and O–H groups in total. The van der Waals surface area contributed by atoms with E-state index in [4.69, 9.17) is 5.73 Å². The molecule has 0 amide bonds. The highest BCUT2D eigenvalue weighted by Crippen LogP contribution is 2.25. The average molecular weight is 275 g/mol. The molecule has 2 unspecified atom stereocenters. The summed E-state index contributed by atoms with van der Waals surface area (Å²) in [6.07, 6.45) is 3.67. The highest BCUT2D eigenvalue weighted by Gasteiger charge is 2.23. The molecule has 0 fully saturated rings. The highest BCUT2D eigenvalue weighted by atomic mass is 32.1. The van der Waals surface area contributed by atoms with Crippen LogP contribution in [-0.4, -0.2) is 22.5 Å². The van der Waals surface area contributed by atoms with Crippen LogP contribution in [0.1, 0.15) is 30.3 Å². The van der Waals surface area contributed by atoms with Gasteiger partial charge in [-0.05, 0) is 42.6 Å². The molecule has 102 valence electrons. The first-order valence-corrected chi connectivity index (χ1v) is 7.52. The lowest BCUT2D eigenvalue weighted by molar-refractivity contribution is 0.178. The lowest BCUT2D eigenvalue weighted by Crippen LogP contribution is -2.39. The molecule has 2 heterocycles. The number of aromatic nitrogens is 1. The second-order valence-electron chi connectivity index (χ2n) is 4.73. The minimum atomic E-state index is 0.0855. The first-order valence-electron chi connectivity index (χ1n) is 6.64. The molecule has 2 rings (SSSR count). The van der Waals surface area contributed by atoms with Gasteiger partial charge in [0.2, 0.25) is 0 Å². The molecule has 0 spiro atoms. The van der Waals surface area contributed by atoms with Crippen molar-refractivity contribution in [1.82, 2.24) is 9.88 Å². The standard InChI is InChI=1S/C15H21N3S/c1-3-18(11-14-5-4-10-19-14)15(12(2)16)13-6-8-17-9-7-13/h4-10,12,15H,3,11,16H2,1-2H3. The van der Waals surface area contributed by atoms with Crippen molar-refractivity contribution in [3.8, 4) is 0 Å². The average Bonchev–Trinajstić information content (AvgIpc) is 2.91. The van der Waals surface area contributed by atoms with E-state index in [1.165, 1.54) is 10.4 Å². The molecule has 4 heteroatoms. The third kappa shape index (κ3) is 3.62. The number of likely N-dealkylation sites (N-methyl/N-ethyl adjacent to an activating group) is 1. The molecule has 3 nitrogen and oxygen atoms in total. The van der Waals surface area contributed by atoms with E-state index in [0.717, 1.165) is 13.1 Å². The van der Waals surface area contributed by atoms with E-state index in [9.17, 15) is 0 Å². The summed E-state index contributed by atoms with van der Waals surface area (Å²) >= 11 is 1.80. The number of pyridine rings is 1. The van der Waals surface area contributed by atoms with Crippen LogP contribution in [0.5, 0.6) is 0 Å². The van der Waals surface area contributed by atoms with Gasteiger partial charge in [0, 0.05) is 29.9 Å². The predicted molar refractivity (Wildman–Crippen MR) is 81.0 cm³/mol. The molecule has 0 aliphatic rings. The fourth-order valence-electron chi connectivity index (χ4n) is 2.42. The largest absolute Gasteiger partial charge is 0.326 e. The second-order valence-corrected chi connectivity index (χ2v) is 5.76. The Morgan fingerprint density at radius 3 is 2.58 bits per heavy atom. The maximum absolute atomic E-state index is 6.22. The fraction of sp³-hybridized carbons (Fsp3) is 0.400. The molecule has 0 saturated carbocycles. The molecule has 0 radical (unpaired) electrons. The van der Waals surface area contributed by atoms with Gasteiger partial charge in [-0.3, -0.25) is 9.88 Å². The maximum atomic E-state index is 6.22. The zero-order valence-corrected chi connectivity index (χ0v) is 12.3. The summed E-state index contributed by atoms with van der Waals surface area (Å²) in [6.45, 7) is 6.18. The lowest BCUT2D eigenvalue weighted by atomic mass is 10.00. The molecule has 19 heavy (non-hydrogen) atoms. The molecule has 2 aromatic heterocycles. The lowest BCUT2D eigenvalue weighted by Gasteiger charge is -2.33. The van der Waals surface area contributed by atoms with Crippen LogP contribution in [0, 0.1) is 0 Å². The summed E-state index contributed by atoms with van der Waals surface area (Å²) in [7, 11) is 0. The SMILES string of the molecule is CCN(Cc1cccs1)C(c1ccncc1)C(C)N. The summed E-state index contributed by atoms with van der Waals surface area (Å²) in [5.74, 6) is 0. The quantitative estimate of drug-likeness (QED) is 0.881. The van der Waals surface area contributed by atoms with Gasteiger partial charge in [0.05, 0.1) is 6.04 Å². The Kier molecular flexibility index (Phi) is 5.07. The molecule has 0 aliphatic carbocycles. The van der Waals surface area contributed by atoms with Crippen LogP contribution in [0.25, 0.3) is 0 Å². The van der Waals surface area contributed by atoms with Crippen molar-refractivity contribution in [2.75, 3.05) is 6.54 Å². The van der Waals surface area contributed by atoms with E-state index in [1.54, 1.807) is 11.3 Å². The van der Waals surface area contributed by atoms with Gasteiger partial charge < -0.3 is 5.73 Å². The van der Waals surface area contributed by atoms with Gasteiger partial charge in [0.15, 0.2) is 0 Å². The normalized spacial score (nSPS) is 14.5. The van der Waals surface area contributed by atoms with Crippen molar-refractivity contribution < 1.29 is 0 Å². The van der Waals surface area contributed by atoms with E-state index < -0.39 is 0 Å². The number of rotatable bonds is 6. The van der Waals surface area contributed by atoms with Gasteiger partial charge in [-0.15, -0.1) is 11.3 Å². The van der Waals surface area contributed by atoms with E-state index in [0.29, 0.717) is 0 Å². The number of hydrogen-bond donors (Lipinski definition) is 1. The van der Waals surface area contributed by atoms with Crippen LogP contribution in [0.15, 0.2) is 42.0 Å². The smallest absolute Gasteiger partial charge is 0.0501 e. The van der Waals surface area contributed by atoms with Crippen LogP contribution < -0.4 is 5.73 Å². The van der Waals surface area contributed by atoms with Crippen molar-refractivity contribution in [3.63, 3.8) is 0 Å². The Balaban J connectivity index is 2.21. The molecular weight excluding hydrogens is 254 g/mol. The number of thiophene rings is 1. The van der Waals surface area contributed by atoms with Gasteiger partial charge >= 0.3 is 0 Å². The Bertz CT molecular complexity index is 467. The van der Waals surface area contributed by atoms with Crippen molar-refractivity contribution in [2.45, 2.75) is 32.5 Å². The zero-order valence-electron chi connectivity index (χ0n) is 11.5.